The highest BCUT2D eigenvalue weighted by atomic mass is 16.5. The summed E-state index contributed by atoms with van der Waals surface area (Å²) in [6, 6.07) is 17.9. The van der Waals surface area contributed by atoms with Crippen LogP contribution in [-0.2, 0) is 35.8 Å². The Morgan fingerprint density at radius 3 is 2.59 bits per heavy atom. The summed E-state index contributed by atoms with van der Waals surface area (Å²) >= 11 is 0. The number of carbonyl (C=O) groups is 5. The van der Waals surface area contributed by atoms with Gasteiger partial charge in [0.05, 0.1) is 31.5 Å². The van der Waals surface area contributed by atoms with Crippen molar-refractivity contribution in [3.63, 3.8) is 0 Å². The molecule has 3 aromatic rings. The molecule has 46 heavy (non-hydrogen) atoms. The lowest BCUT2D eigenvalue weighted by molar-refractivity contribution is -0.147. The van der Waals surface area contributed by atoms with Crippen LogP contribution in [-0.4, -0.2) is 73.2 Å². The van der Waals surface area contributed by atoms with Crippen molar-refractivity contribution in [2.45, 2.75) is 49.1 Å². The Morgan fingerprint density at radius 1 is 1.11 bits per heavy atom. The fourth-order valence-electron chi connectivity index (χ4n) is 6.54. The van der Waals surface area contributed by atoms with E-state index < -0.39 is 34.3 Å². The summed E-state index contributed by atoms with van der Waals surface area (Å²) in [6.45, 7) is 1.83. The third-order valence-corrected chi connectivity index (χ3v) is 9.04. The maximum absolute atomic E-state index is 13.7. The number of aldehydes is 2. The molecule has 2 aromatic carbocycles. The number of rotatable bonds is 14. The van der Waals surface area contributed by atoms with Crippen LogP contribution < -0.4 is 26.0 Å². The van der Waals surface area contributed by atoms with Gasteiger partial charge in [0.25, 0.3) is 5.91 Å². The first-order valence-electron chi connectivity index (χ1n) is 15.0. The number of hydrogen-bond donors (Lipinski definition) is 3. The van der Waals surface area contributed by atoms with Crippen molar-refractivity contribution < 1.29 is 33.4 Å². The third kappa shape index (κ3) is 5.60. The number of aromatic nitrogens is 1. The van der Waals surface area contributed by atoms with Gasteiger partial charge in [-0.3, -0.25) is 14.9 Å². The van der Waals surface area contributed by atoms with Crippen molar-refractivity contribution in [2.75, 3.05) is 37.4 Å². The first-order valence-corrected chi connectivity index (χ1v) is 15.0. The summed E-state index contributed by atoms with van der Waals surface area (Å²) in [6.07, 6.45) is 4.63. The average Bonchev–Trinajstić information content (AvgIpc) is 3.78. The monoisotopic (exact) mass is 627 g/mol. The number of unbranched alkanes of at least 4 members (excludes halogenated alkanes) is 1. The molecule has 5 rings (SSSR count). The van der Waals surface area contributed by atoms with Crippen LogP contribution in [0.4, 0.5) is 11.5 Å². The fraction of sp³-hybridized carbons (Fsp3) is 0.353. The van der Waals surface area contributed by atoms with Gasteiger partial charge in [-0.2, -0.15) is 0 Å². The molecule has 12 nitrogen and oxygen atoms in total. The lowest BCUT2D eigenvalue weighted by Gasteiger charge is -2.41. The van der Waals surface area contributed by atoms with Crippen molar-refractivity contribution in [1.29, 1.82) is 0 Å². The Balaban J connectivity index is 1.45. The van der Waals surface area contributed by atoms with E-state index in [1.165, 1.54) is 12.0 Å². The van der Waals surface area contributed by atoms with Crippen LogP contribution >= 0.6 is 0 Å². The predicted molar refractivity (Wildman–Crippen MR) is 169 cm³/mol. The van der Waals surface area contributed by atoms with Crippen molar-refractivity contribution in [3.05, 3.63) is 83.6 Å². The number of pyridine rings is 1. The Kier molecular flexibility index (Phi) is 9.19. The molecule has 2 amide bonds. The van der Waals surface area contributed by atoms with Crippen molar-refractivity contribution in [2.24, 2.45) is 0 Å². The number of nitrogens with two attached hydrogens (primary N) is 1. The molecule has 0 saturated carbocycles. The number of benzene rings is 2. The van der Waals surface area contributed by atoms with Crippen LogP contribution in [0.15, 0.2) is 66.9 Å². The van der Waals surface area contributed by atoms with Crippen molar-refractivity contribution in [3.8, 4) is 5.75 Å². The standard InChI is InChI=1S/C34H37N5O7/c1-32(24-10-4-3-5-11-24,34(31(44)45-2)33(22-41,38-34)15-17-40)21-39-26-14-13-23(19-25(26)30(43)37-20-28(39)42)9-6-7-18-46-27-12-8-16-36-29(27)35/h3-5,8,10-14,16-17,19,22,38H,6-7,9,15,18,20-21H2,1-2H3,(H2,35,36)(H,37,43)/t32?,33?,34-/m1/s1. The summed E-state index contributed by atoms with van der Waals surface area (Å²) in [7, 11) is 1.21. The van der Waals surface area contributed by atoms with Gasteiger partial charge < -0.3 is 35.0 Å². The van der Waals surface area contributed by atoms with Gasteiger partial charge in [0.1, 0.15) is 18.1 Å². The summed E-state index contributed by atoms with van der Waals surface area (Å²) in [5.74, 6) is -0.683. The fourth-order valence-corrected chi connectivity index (χ4v) is 6.54. The molecule has 1 fully saturated rings. The van der Waals surface area contributed by atoms with Crippen molar-refractivity contribution in [1.82, 2.24) is 15.6 Å². The molecule has 0 spiro atoms. The number of esters is 1. The molecular formula is C34H37N5O7. The highest BCUT2D eigenvalue weighted by Crippen LogP contribution is 2.54. The Bertz CT molecular complexity index is 1650. The smallest absolute Gasteiger partial charge is 0.329 e. The van der Waals surface area contributed by atoms with E-state index in [1.807, 2.05) is 12.1 Å². The first kappa shape index (κ1) is 32.3. The molecule has 12 heteroatoms. The highest BCUT2D eigenvalue weighted by molar-refractivity contribution is 6.10. The second kappa shape index (κ2) is 13.1. The number of nitrogen functional groups attached to an aromatic ring is 1. The van der Waals surface area contributed by atoms with E-state index in [0.29, 0.717) is 54.0 Å². The summed E-state index contributed by atoms with van der Waals surface area (Å²) in [4.78, 5) is 70.2. The van der Waals surface area contributed by atoms with Crippen LogP contribution in [0.5, 0.6) is 5.75 Å². The number of nitrogens with zero attached hydrogens (tertiary/aromatic N) is 2. The molecule has 240 valence electrons. The van der Waals surface area contributed by atoms with Gasteiger partial charge in [-0.25, -0.2) is 9.78 Å². The van der Waals surface area contributed by atoms with E-state index in [9.17, 15) is 24.0 Å². The van der Waals surface area contributed by atoms with Gasteiger partial charge in [-0.1, -0.05) is 43.3 Å². The number of hydrogen-bond acceptors (Lipinski definition) is 10. The molecule has 3 heterocycles. The normalized spacial score (nSPS) is 21.7. The number of methoxy groups -OCH3 is 1. The van der Waals surface area contributed by atoms with Crippen LogP contribution in [0, 0.1) is 0 Å². The SMILES string of the molecule is COC(=O)[C@]1(C(C)(CN2C(=O)CNC(=O)c3cc(CCCCOc4cccnc4N)ccc32)c2ccccc2)NC1(C=O)CC=O. The van der Waals surface area contributed by atoms with E-state index >= 15 is 0 Å². The van der Waals surface area contributed by atoms with E-state index in [1.54, 1.807) is 61.7 Å². The molecule has 0 aliphatic carbocycles. The van der Waals surface area contributed by atoms with Crippen molar-refractivity contribution >= 4 is 41.9 Å². The molecule has 2 unspecified atom stereocenters. The largest absolute Gasteiger partial charge is 0.490 e. The minimum Gasteiger partial charge on any atom is -0.490 e. The van der Waals surface area contributed by atoms with E-state index in [4.69, 9.17) is 15.2 Å². The number of ether oxygens (including phenoxy) is 2. The maximum Gasteiger partial charge on any atom is 0.329 e. The second-order valence-electron chi connectivity index (χ2n) is 11.7. The lowest BCUT2D eigenvalue weighted by Crippen LogP contribution is -2.59. The van der Waals surface area contributed by atoms with Crippen LogP contribution in [0.25, 0.3) is 0 Å². The molecular weight excluding hydrogens is 590 g/mol. The molecule has 3 atom stereocenters. The second-order valence-corrected chi connectivity index (χ2v) is 11.7. The average molecular weight is 628 g/mol. The van der Waals surface area contributed by atoms with Crippen LogP contribution in [0.3, 0.4) is 0 Å². The van der Waals surface area contributed by atoms with Crippen LogP contribution in [0.1, 0.15) is 47.7 Å². The quantitative estimate of drug-likeness (QED) is 0.104. The minimum absolute atomic E-state index is 0.109. The van der Waals surface area contributed by atoms with Gasteiger partial charge in [0.2, 0.25) is 5.91 Å². The number of fused-ring (bicyclic) bond motifs is 1. The van der Waals surface area contributed by atoms with E-state index in [0.717, 1.165) is 18.4 Å². The lowest BCUT2D eigenvalue weighted by atomic mass is 9.65. The minimum atomic E-state index is -1.68. The Hall–Kier alpha value is -5.10. The number of anilines is 2. The van der Waals surface area contributed by atoms with Gasteiger partial charge in [-0.15, -0.1) is 0 Å². The van der Waals surface area contributed by atoms with Gasteiger partial charge in [-0.05, 0) is 54.7 Å². The molecule has 1 aromatic heterocycles. The molecule has 2 aliphatic rings. The Labute approximate surface area is 266 Å². The number of nitrogens with one attached hydrogen (secondary N) is 2. The number of aryl methyl sites for hydroxylation is 1. The van der Waals surface area contributed by atoms with Gasteiger partial charge >= 0.3 is 5.97 Å². The zero-order chi connectivity index (χ0) is 33.0. The molecule has 2 aliphatic heterocycles. The third-order valence-electron chi connectivity index (χ3n) is 9.04. The molecule has 0 bridgehead atoms. The van der Waals surface area contributed by atoms with E-state index in [2.05, 4.69) is 15.6 Å². The zero-order valence-electron chi connectivity index (χ0n) is 25.8. The number of amides is 2. The predicted octanol–water partition coefficient (Wildman–Crippen LogP) is 2.14. The summed E-state index contributed by atoms with van der Waals surface area (Å²) < 4.78 is 10.9. The molecule has 1 saturated heterocycles. The van der Waals surface area contributed by atoms with Gasteiger partial charge in [0, 0.05) is 24.6 Å². The summed E-state index contributed by atoms with van der Waals surface area (Å²) in [5, 5.41) is 5.72. The van der Waals surface area contributed by atoms with E-state index in [-0.39, 0.29) is 19.5 Å². The topological polar surface area (TPSA) is 180 Å². The zero-order valence-corrected chi connectivity index (χ0v) is 25.8. The number of carbonyl (C=O) groups excluding carboxylic acids is 5. The molecule has 0 radical (unpaired) electrons. The summed E-state index contributed by atoms with van der Waals surface area (Å²) in [5.41, 5.74) is 3.53. The first-order chi connectivity index (χ1) is 22.2. The van der Waals surface area contributed by atoms with Gasteiger partial charge in [0.15, 0.2) is 17.1 Å². The Morgan fingerprint density at radius 2 is 1.89 bits per heavy atom. The molecule has 4 N–H and O–H groups in total. The van der Waals surface area contributed by atoms with Crippen LogP contribution in [0.2, 0.25) is 0 Å². The maximum atomic E-state index is 13.7. The highest BCUT2D eigenvalue weighted by Gasteiger charge is 2.80.